The summed E-state index contributed by atoms with van der Waals surface area (Å²) in [5.74, 6) is 5.43. The number of hydrazine groups is 1. The highest BCUT2D eigenvalue weighted by Crippen LogP contribution is 2.17. The largest absolute Gasteiger partial charge is 0.467 e. The van der Waals surface area contributed by atoms with Crippen LogP contribution in [0.3, 0.4) is 0 Å². The predicted octanol–water partition coefficient (Wildman–Crippen LogP) is 1.89. The van der Waals surface area contributed by atoms with Gasteiger partial charge in [-0.1, -0.05) is 18.2 Å². The lowest BCUT2D eigenvalue weighted by molar-refractivity contribution is 0.0953. The van der Waals surface area contributed by atoms with Crippen molar-refractivity contribution in [3.05, 3.63) is 60.2 Å². The summed E-state index contributed by atoms with van der Waals surface area (Å²) in [6.45, 7) is 0.575. The molecule has 5 heteroatoms. The van der Waals surface area contributed by atoms with E-state index in [1.807, 2.05) is 30.5 Å². The summed E-state index contributed by atoms with van der Waals surface area (Å²) in [4.78, 5) is 11.3. The Kier molecular flexibility index (Phi) is 2.81. The van der Waals surface area contributed by atoms with Gasteiger partial charge in [0.2, 0.25) is 0 Å². The number of nitrogens with one attached hydrogen (secondary N) is 1. The van der Waals surface area contributed by atoms with Crippen LogP contribution < -0.4 is 11.3 Å². The molecule has 0 aliphatic carbocycles. The molecule has 0 aliphatic rings. The molecule has 3 rings (SSSR count). The molecule has 96 valence electrons. The van der Waals surface area contributed by atoms with Gasteiger partial charge in [-0.05, 0) is 23.6 Å². The van der Waals surface area contributed by atoms with Gasteiger partial charge in [0, 0.05) is 11.7 Å². The predicted molar refractivity (Wildman–Crippen MR) is 71.4 cm³/mol. The van der Waals surface area contributed by atoms with Crippen molar-refractivity contribution in [1.82, 2.24) is 9.99 Å². The van der Waals surface area contributed by atoms with Gasteiger partial charge in [0.25, 0.3) is 5.91 Å². The van der Waals surface area contributed by atoms with Crippen LogP contribution in [0.1, 0.15) is 16.1 Å². The van der Waals surface area contributed by atoms with Crippen molar-refractivity contribution in [1.29, 1.82) is 0 Å². The van der Waals surface area contributed by atoms with E-state index in [9.17, 15) is 4.79 Å². The van der Waals surface area contributed by atoms with Crippen LogP contribution >= 0.6 is 0 Å². The highest BCUT2D eigenvalue weighted by molar-refractivity contribution is 5.93. The number of hydrogen-bond acceptors (Lipinski definition) is 3. The molecule has 0 spiro atoms. The fraction of sp³-hybridized carbons (Fsp3) is 0.0714. The quantitative estimate of drug-likeness (QED) is 0.426. The first-order valence-electron chi connectivity index (χ1n) is 5.90. The molecule has 0 fully saturated rings. The Morgan fingerprint density at radius 3 is 3.00 bits per heavy atom. The van der Waals surface area contributed by atoms with Gasteiger partial charge in [0.15, 0.2) is 0 Å². The van der Waals surface area contributed by atoms with E-state index in [1.165, 1.54) is 11.6 Å². The minimum atomic E-state index is -0.354. The number of nitrogens with zero attached hydrogens (tertiary/aromatic N) is 1. The van der Waals surface area contributed by atoms with Crippen LogP contribution in [0.2, 0.25) is 0 Å². The Balaban J connectivity index is 1.89. The number of aromatic nitrogens is 1. The summed E-state index contributed by atoms with van der Waals surface area (Å²) in [5.41, 5.74) is 3.63. The number of carbonyl (C=O) groups excluding carboxylic acids is 1. The van der Waals surface area contributed by atoms with E-state index in [2.05, 4.69) is 16.1 Å². The topological polar surface area (TPSA) is 73.2 Å². The Hall–Kier alpha value is -2.53. The first-order chi connectivity index (χ1) is 9.28. The second-order valence-electron chi connectivity index (χ2n) is 4.28. The van der Waals surface area contributed by atoms with E-state index in [0.717, 1.165) is 5.52 Å². The number of carbonyl (C=O) groups is 1. The number of benzene rings is 1. The Morgan fingerprint density at radius 1 is 1.32 bits per heavy atom. The standard InChI is InChI=1S/C14H13N3O2/c15-16-14(18)11-7-12(19-9-11)8-17-6-5-10-3-1-2-4-13(10)17/h1-7,9H,8,15H2,(H,16,18). The lowest BCUT2D eigenvalue weighted by atomic mass is 10.2. The van der Waals surface area contributed by atoms with Crippen LogP contribution in [-0.2, 0) is 6.54 Å². The van der Waals surface area contributed by atoms with Crippen LogP contribution in [0.4, 0.5) is 0 Å². The highest BCUT2D eigenvalue weighted by Gasteiger charge is 2.09. The van der Waals surface area contributed by atoms with E-state index in [4.69, 9.17) is 10.3 Å². The number of rotatable bonds is 3. The summed E-state index contributed by atoms with van der Waals surface area (Å²) >= 11 is 0. The molecular formula is C14H13N3O2. The number of nitrogen functional groups attached to an aromatic ring is 1. The fourth-order valence-electron chi connectivity index (χ4n) is 2.11. The van der Waals surface area contributed by atoms with Crippen LogP contribution in [0.5, 0.6) is 0 Å². The van der Waals surface area contributed by atoms with Gasteiger partial charge in [-0.2, -0.15) is 0 Å². The molecule has 3 N–H and O–H groups in total. The molecule has 19 heavy (non-hydrogen) atoms. The molecule has 1 aromatic carbocycles. The van der Waals surface area contributed by atoms with E-state index in [1.54, 1.807) is 6.07 Å². The zero-order valence-electron chi connectivity index (χ0n) is 10.2. The van der Waals surface area contributed by atoms with Crippen LogP contribution in [0.15, 0.2) is 53.3 Å². The van der Waals surface area contributed by atoms with Gasteiger partial charge in [0.05, 0.1) is 12.1 Å². The molecule has 5 nitrogen and oxygen atoms in total. The summed E-state index contributed by atoms with van der Waals surface area (Å²) in [6.07, 6.45) is 3.40. The van der Waals surface area contributed by atoms with Gasteiger partial charge >= 0.3 is 0 Å². The number of hydrogen-bond donors (Lipinski definition) is 2. The number of furan rings is 1. The molecule has 0 saturated heterocycles. The minimum absolute atomic E-state index is 0.354. The number of para-hydroxylation sites is 1. The lowest BCUT2D eigenvalue weighted by Gasteiger charge is -2.02. The third-order valence-electron chi connectivity index (χ3n) is 3.05. The molecule has 0 unspecified atom stereocenters. The van der Waals surface area contributed by atoms with Crippen molar-refractivity contribution in [2.24, 2.45) is 5.84 Å². The molecule has 2 heterocycles. The number of nitrogens with two attached hydrogens (primary N) is 1. The van der Waals surface area contributed by atoms with E-state index in [-0.39, 0.29) is 5.91 Å². The molecule has 0 bridgehead atoms. The van der Waals surface area contributed by atoms with Crippen molar-refractivity contribution >= 4 is 16.8 Å². The van der Waals surface area contributed by atoms with Crippen LogP contribution in [-0.4, -0.2) is 10.5 Å². The third kappa shape index (κ3) is 2.11. The van der Waals surface area contributed by atoms with E-state index < -0.39 is 0 Å². The zero-order valence-corrected chi connectivity index (χ0v) is 10.2. The molecule has 0 atom stereocenters. The normalized spacial score (nSPS) is 10.8. The maximum atomic E-state index is 11.3. The molecular weight excluding hydrogens is 242 g/mol. The van der Waals surface area contributed by atoms with Gasteiger partial charge in [-0.3, -0.25) is 10.2 Å². The van der Waals surface area contributed by atoms with Gasteiger partial charge in [-0.25, -0.2) is 5.84 Å². The SMILES string of the molecule is NNC(=O)c1coc(Cn2ccc3ccccc32)c1. The fourth-order valence-corrected chi connectivity index (χ4v) is 2.11. The summed E-state index contributed by atoms with van der Waals surface area (Å²) in [7, 11) is 0. The summed E-state index contributed by atoms with van der Waals surface area (Å²) in [6, 6.07) is 11.8. The third-order valence-corrected chi connectivity index (χ3v) is 3.05. The molecule has 0 aliphatic heterocycles. The average Bonchev–Trinajstić information content (AvgIpc) is 3.06. The smallest absolute Gasteiger partial charge is 0.268 e. The second kappa shape index (κ2) is 4.62. The number of amides is 1. The van der Waals surface area contributed by atoms with Crippen LogP contribution in [0, 0.1) is 0 Å². The number of fused-ring (bicyclic) bond motifs is 1. The van der Waals surface area contributed by atoms with Crippen molar-refractivity contribution < 1.29 is 9.21 Å². The van der Waals surface area contributed by atoms with Gasteiger partial charge in [0.1, 0.15) is 12.0 Å². The van der Waals surface area contributed by atoms with Gasteiger partial charge in [-0.15, -0.1) is 0 Å². The first-order valence-corrected chi connectivity index (χ1v) is 5.90. The van der Waals surface area contributed by atoms with Crippen molar-refractivity contribution in [2.45, 2.75) is 6.54 Å². The first kappa shape index (κ1) is 11.6. The minimum Gasteiger partial charge on any atom is -0.467 e. The molecule has 2 aromatic heterocycles. The summed E-state index contributed by atoms with van der Waals surface area (Å²) in [5, 5.41) is 1.17. The zero-order chi connectivity index (χ0) is 13.2. The Morgan fingerprint density at radius 2 is 2.16 bits per heavy atom. The average molecular weight is 255 g/mol. The Bertz CT molecular complexity index is 727. The van der Waals surface area contributed by atoms with E-state index >= 15 is 0 Å². The van der Waals surface area contributed by atoms with Crippen molar-refractivity contribution in [3.63, 3.8) is 0 Å². The van der Waals surface area contributed by atoms with E-state index in [0.29, 0.717) is 17.9 Å². The lowest BCUT2D eigenvalue weighted by Crippen LogP contribution is -2.29. The molecule has 0 radical (unpaired) electrons. The van der Waals surface area contributed by atoms with Crippen LogP contribution in [0.25, 0.3) is 10.9 Å². The maximum absolute atomic E-state index is 11.3. The van der Waals surface area contributed by atoms with Crippen molar-refractivity contribution in [2.75, 3.05) is 0 Å². The molecule has 3 aromatic rings. The van der Waals surface area contributed by atoms with Crippen molar-refractivity contribution in [3.8, 4) is 0 Å². The Labute approximate surface area is 109 Å². The second-order valence-corrected chi connectivity index (χ2v) is 4.28. The molecule has 0 saturated carbocycles. The van der Waals surface area contributed by atoms with Gasteiger partial charge < -0.3 is 8.98 Å². The molecule has 1 amide bonds. The highest BCUT2D eigenvalue weighted by atomic mass is 16.3. The summed E-state index contributed by atoms with van der Waals surface area (Å²) < 4.78 is 7.44. The maximum Gasteiger partial charge on any atom is 0.268 e. The monoisotopic (exact) mass is 255 g/mol.